The van der Waals surface area contributed by atoms with Crippen LogP contribution in [0, 0.1) is 0 Å². The Morgan fingerprint density at radius 1 is 1.00 bits per heavy atom. The molecular formula is C25H26ClN3O5. The number of furan rings is 2. The van der Waals surface area contributed by atoms with Gasteiger partial charge in [-0.1, -0.05) is 36.6 Å². The van der Waals surface area contributed by atoms with E-state index in [1.54, 1.807) is 42.5 Å². The number of amides is 3. The first kappa shape index (κ1) is 23.6. The lowest BCUT2D eigenvalue weighted by atomic mass is 10.0. The van der Waals surface area contributed by atoms with Crippen molar-refractivity contribution in [2.45, 2.75) is 44.3 Å². The van der Waals surface area contributed by atoms with E-state index in [1.165, 1.54) is 23.5 Å². The van der Waals surface area contributed by atoms with Gasteiger partial charge in [0.25, 0.3) is 5.91 Å². The van der Waals surface area contributed by atoms with E-state index in [1.807, 2.05) is 0 Å². The number of carbonyl (C=O) groups excluding carboxylic acids is 3. The zero-order chi connectivity index (χ0) is 23.9. The van der Waals surface area contributed by atoms with Crippen LogP contribution in [0.1, 0.15) is 53.6 Å². The number of benzene rings is 1. The minimum Gasteiger partial charge on any atom is -0.467 e. The summed E-state index contributed by atoms with van der Waals surface area (Å²) in [5, 5.41) is 6.18. The van der Waals surface area contributed by atoms with Gasteiger partial charge in [-0.05, 0) is 54.8 Å². The smallest absolute Gasteiger partial charge is 0.287 e. The fourth-order valence-electron chi connectivity index (χ4n) is 4.11. The van der Waals surface area contributed by atoms with Crippen LogP contribution in [0.4, 0.5) is 0 Å². The molecule has 1 saturated carbocycles. The third kappa shape index (κ3) is 5.88. The Bertz CT molecular complexity index is 1090. The number of hydrogen-bond donors (Lipinski definition) is 2. The van der Waals surface area contributed by atoms with Crippen LogP contribution in [0.15, 0.2) is 69.9 Å². The second-order valence-electron chi connectivity index (χ2n) is 8.21. The molecule has 0 spiro atoms. The summed E-state index contributed by atoms with van der Waals surface area (Å²) in [5.41, 5.74) is 0.608. The maximum Gasteiger partial charge on any atom is 0.287 e. The van der Waals surface area contributed by atoms with Crippen LogP contribution in [-0.2, 0) is 16.1 Å². The first-order valence-electron chi connectivity index (χ1n) is 11.2. The van der Waals surface area contributed by atoms with Crippen molar-refractivity contribution in [3.8, 4) is 0 Å². The zero-order valence-corrected chi connectivity index (χ0v) is 19.3. The van der Waals surface area contributed by atoms with Crippen LogP contribution in [0.2, 0.25) is 5.02 Å². The summed E-state index contributed by atoms with van der Waals surface area (Å²) in [5.74, 6) is -0.643. The summed E-state index contributed by atoms with van der Waals surface area (Å²) in [4.78, 5) is 40.6. The first-order chi connectivity index (χ1) is 16.5. The molecule has 0 saturated heterocycles. The highest BCUT2D eigenvalue weighted by Crippen LogP contribution is 2.27. The summed E-state index contributed by atoms with van der Waals surface area (Å²) in [6.07, 6.45) is 6.82. The third-order valence-electron chi connectivity index (χ3n) is 5.82. The topological polar surface area (TPSA) is 105 Å². The molecule has 0 aliphatic heterocycles. The highest BCUT2D eigenvalue weighted by atomic mass is 35.5. The SMILES string of the molecule is O=C(NCC(=O)N(Cc1ccco1)[C@@H](C(=O)NC1CCCC1)c1ccc(Cl)cc1)c1ccco1. The molecule has 2 heterocycles. The fourth-order valence-corrected chi connectivity index (χ4v) is 4.24. The minimum atomic E-state index is -0.934. The molecule has 1 aliphatic carbocycles. The Balaban J connectivity index is 1.60. The Hall–Kier alpha value is -3.52. The van der Waals surface area contributed by atoms with Crippen LogP contribution in [0.3, 0.4) is 0 Å². The second-order valence-corrected chi connectivity index (χ2v) is 8.64. The van der Waals surface area contributed by atoms with E-state index >= 15 is 0 Å². The number of halogens is 1. The monoisotopic (exact) mass is 483 g/mol. The van der Waals surface area contributed by atoms with Crippen LogP contribution in [0.25, 0.3) is 0 Å². The van der Waals surface area contributed by atoms with Gasteiger partial charge >= 0.3 is 0 Å². The number of nitrogens with zero attached hydrogens (tertiary/aromatic N) is 1. The molecule has 8 nitrogen and oxygen atoms in total. The van der Waals surface area contributed by atoms with Gasteiger partial charge in [-0.2, -0.15) is 0 Å². The molecule has 1 fully saturated rings. The molecule has 0 radical (unpaired) electrons. The summed E-state index contributed by atoms with van der Waals surface area (Å²) in [6, 6.07) is 12.5. The maximum atomic E-state index is 13.5. The summed E-state index contributed by atoms with van der Waals surface area (Å²) in [7, 11) is 0. The first-order valence-corrected chi connectivity index (χ1v) is 11.6. The molecule has 178 valence electrons. The summed E-state index contributed by atoms with van der Waals surface area (Å²) in [6.45, 7) is -0.269. The number of rotatable bonds is 9. The van der Waals surface area contributed by atoms with Gasteiger partial charge in [0.05, 0.1) is 25.6 Å². The number of carbonyl (C=O) groups is 3. The molecule has 34 heavy (non-hydrogen) atoms. The molecule has 1 aliphatic rings. The fraction of sp³-hybridized carbons (Fsp3) is 0.320. The maximum absolute atomic E-state index is 13.5. The highest BCUT2D eigenvalue weighted by Gasteiger charge is 2.34. The van der Waals surface area contributed by atoms with Gasteiger partial charge in [-0.15, -0.1) is 0 Å². The highest BCUT2D eigenvalue weighted by molar-refractivity contribution is 6.30. The second kappa shape index (κ2) is 11.1. The van der Waals surface area contributed by atoms with E-state index in [4.69, 9.17) is 20.4 Å². The largest absolute Gasteiger partial charge is 0.467 e. The normalized spacial score (nSPS) is 14.5. The van der Waals surface area contributed by atoms with E-state index in [-0.39, 0.29) is 30.8 Å². The predicted molar refractivity (Wildman–Crippen MR) is 125 cm³/mol. The molecule has 0 unspecified atom stereocenters. The van der Waals surface area contributed by atoms with Gasteiger partial charge in [0.1, 0.15) is 11.8 Å². The quantitative estimate of drug-likeness (QED) is 0.477. The standard InChI is InChI=1S/C25H26ClN3O5/c26-18-11-9-17(10-12-18)23(25(32)28-19-5-1-2-6-19)29(16-20-7-3-13-33-20)22(30)15-27-24(31)21-8-4-14-34-21/h3-4,7-14,19,23H,1-2,5-6,15-16H2,(H,27,31)(H,28,32)/t23-/m1/s1. The molecular weight excluding hydrogens is 458 g/mol. The van der Waals surface area contributed by atoms with Crippen molar-refractivity contribution >= 4 is 29.3 Å². The lowest BCUT2D eigenvalue weighted by Gasteiger charge is -2.32. The Morgan fingerprint density at radius 2 is 1.71 bits per heavy atom. The number of hydrogen-bond acceptors (Lipinski definition) is 5. The molecule has 3 amide bonds. The molecule has 1 aromatic carbocycles. The van der Waals surface area contributed by atoms with Crippen LogP contribution in [-0.4, -0.2) is 35.2 Å². The van der Waals surface area contributed by atoms with Crippen molar-refractivity contribution in [2.75, 3.05) is 6.54 Å². The average Bonchev–Trinajstić information content (AvgIpc) is 3.62. The predicted octanol–water partition coefficient (Wildman–Crippen LogP) is 4.08. The van der Waals surface area contributed by atoms with Gasteiger partial charge in [-0.25, -0.2) is 0 Å². The van der Waals surface area contributed by atoms with Crippen molar-refractivity contribution in [1.29, 1.82) is 0 Å². The molecule has 0 bridgehead atoms. The van der Waals surface area contributed by atoms with Gasteiger partial charge in [-0.3, -0.25) is 14.4 Å². The van der Waals surface area contributed by atoms with Crippen molar-refractivity contribution < 1.29 is 23.2 Å². The lowest BCUT2D eigenvalue weighted by Crippen LogP contribution is -2.48. The Morgan fingerprint density at radius 3 is 2.35 bits per heavy atom. The van der Waals surface area contributed by atoms with Crippen molar-refractivity contribution in [3.05, 3.63) is 83.2 Å². The number of nitrogens with one attached hydrogen (secondary N) is 2. The summed E-state index contributed by atoms with van der Waals surface area (Å²) >= 11 is 6.07. The van der Waals surface area contributed by atoms with Crippen LogP contribution in [0.5, 0.6) is 0 Å². The van der Waals surface area contributed by atoms with E-state index in [9.17, 15) is 14.4 Å². The molecule has 4 rings (SSSR count). The summed E-state index contributed by atoms with van der Waals surface area (Å²) < 4.78 is 10.6. The Labute approximate surface area is 202 Å². The van der Waals surface area contributed by atoms with E-state index in [2.05, 4.69) is 10.6 Å². The van der Waals surface area contributed by atoms with Crippen molar-refractivity contribution in [3.63, 3.8) is 0 Å². The zero-order valence-electron chi connectivity index (χ0n) is 18.5. The lowest BCUT2D eigenvalue weighted by molar-refractivity contribution is -0.141. The van der Waals surface area contributed by atoms with Gasteiger partial charge in [0.2, 0.25) is 11.8 Å². The average molecular weight is 484 g/mol. The molecule has 2 N–H and O–H groups in total. The van der Waals surface area contributed by atoms with Crippen molar-refractivity contribution in [1.82, 2.24) is 15.5 Å². The minimum absolute atomic E-state index is 0.0494. The van der Waals surface area contributed by atoms with Crippen molar-refractivity contribution in [2.24, 2.45) is 0 Å². The van der Waals surface area contributed by atoms with Gasteiger partial charge in [0, 0.05) is 11.1 Å². The van der Waals surface area contributed by atoms with E-state index < -0.39 is 17.9 Å². The molecule has 1 atom stereocenters. The van der Waals surface area contributed by atoms with Crippen LogP contribution < -0.4 is 10.6 Å². The third-order valence-corrected chi connectivity index (χ3v) is 6.07. The Kier molecular flexibility index (Phi) is 7.69. The van der Waals surface area contributed by atoms with E-state index in [0.29, 0.717) is 16.3 Å². The van der Waals surface area contributed by atoms with E-state index in [0.717, 1.165) is 25.7 Å². The van der Waals surface area contributed by atoms with Crippen LogP contribution >= 0.6 is 11.6 Å². The molecule has 3 aromatic rings. The molecule has 2 aromatic heterocycles. The molecule has 9 heteroatoms. The van der Waals surface area contributed by atoms with Gasteiger partial charge < -0.3 is 24.4 Å². The van der Waals surface area contributed by atoms with Gasteiger partial charge in [0.15, 0.2) is 5.76 Å².